The fourth-order valence-corrected chi connectivity index (χ4v) is 4.24. The fourth-order valence-electron chi connectivity index (χ4n) is 2.69. The van der Waals surface area contributed by atoms with Gasteiger partial charge in [-0.3, -0.25) is 0 Å². The van der Waals surface area contributed by atoms with Crippen LogP contribution in [0.3, 0.4) is 0 Å². The summed E-state index contributed by atoms with van der Waals surface area (Å²) >= 11 is 5.39. The second-order valence-corrected chi connectivity index (χ2v) is 6.54. The SMILES string of the molecule is CCCNC(c1cscc1Br)C1(OC)CCOCC1. The molecule has 3 nitrogen and oxygen atoms in total. The van der Waals surface area contributed by atoms with Gasteiger partial charge in [-0.15, -0.1) is 0 Å². The van der Waals surface area contributed by atoms with Gasteiger partial charge in [-0.2, -0.15) is 11.3 Å². The molecule has 1 aromatic rings. The number of nitrogens with one attached hydrogen (secondary N) is 1. The van der Waals surface area contributed by atoms with Crippen LogP contribution in [0.15, 0.2) is 15.2 Å². The van der Waals surface area contributed by atoms with Crippen LogP contribution in [0.1, 0.15) is 37.8 Å². The number of thiophene rings is 1. The van der Waals surface area contributed by atoms with Gasteiger partial charge >= 0.3 is 0 Å². The first kappa shape index (κ1) is 15.4. The van der Waals surface area contributed by atoms with E-state index in [1.54, 1.807) is 11.3 Å². The van der Waals surface area contributed by atoms with Gasteiger partial charge in [-0.05, 0) is 39.8 Å². The molecule has 19 heavy (non-hydrogen) atoms. The second-order valence-electron chi connectivity index (χ2n) is 4.94. The Balaban J connectivity index is 2.27. The predicted octanol–water partition coefficient (Wildman–Crippen LogP) is 3.75. The van der Waals surface area contributed by atoms with Gasteiger partial charge in [0.1, 0.15) is 0 Å². The average molecular weight is 348 g/mol. The molecule has 108 valence electrons. The highest BCUT2D eigenvalue weighted by Gasteiger charge is 2.42. The highest BCUT2D eigenvalue weighted by molar-refractivity contribution is 9.10. The standard InChI is InChI=1S/C14H22BrNO2S/c1-3-6-16-13(11-9-19-10-12(11)15)14(17-2)4-7-18-8-5-14/h9-10,13,16H,3-8H2,1-2H3. The molecule has 0 aromatic carbocycles. The predicted molar refractivity (Wildman–Crippen MR) is 82.8 cm³/mol. The van der Waals surface area contributed by atoms with Crippen LogP contribution in [0.2, 0.25) is 0 Å². The van der Waals surface area contributed by atoms with E-state index in [0.717, 1.165) is 39.0 Å². The van der Waals surface area contributed by atoms with E-state index in [1.807, 2.05) is 7.11 Å². The van der Waals surface area contributed by atoms with Crippen molar-refractivity contribution in [1.29, 1.82) is 0 Å². The normalized spacial score (nSPS) is 20.4. The maximum absolute atomic E-state index is 5.96. The molecule has 0 spiro atoms. The lowest BCUT2D eigenvalue weighted by molar-refractivity contribution is -0.111. The Bertz CT molecular complexity index is 391. The lowest BCUT2D eigenvalue weighted by Gasteiger charge is -2.42. The minimum Gasteiger partial charge on any atom is -0.381 e. The molecule has 1 aromatic heterocycles. The van der Waals surface area contributed by atoms with E-state index >= 15 is 0 Å². The van der Waals surface area contributed by atoms with Crippen molar-refractivity contribution < 1.29 is 9.47 Å². The third kappa shape index (κ3) is 3.39. The van der Waals surface area contributed by atoms with Crippen LogP contribution in [-0.2, 0) is 9.47 Å². The molecule has 0 radical (unpaired) electrons. The van der Waals surface area contributed by atoms with Gasteiger partial charge in [0, 0.05) is 43.0 Å². The number of methoxy groups -OCH3 is 1. The van der Waals surface area contributed by atoms with Crippen LogP contribution in [0.4, 0.5) is 0 Å². The zero-order valence-electron chi connectivity index (χ0n) is 11.6. The largest absolute Gasteiger partial charge is 0.381 e. The van der Waals surface area contributed by atoms with Crippen molar-refractivity contribution in [2.75, 3.05) is 26.9 Å². The van der Waals surface area contributed by atoms with Crippen molar-refractivity contribution >= 4 is 27.3 Å². The van der Waals surface area contributed by atoms with Crippen LogP contribution >= 0.6 is 27.3 Å². The summed E-state index contributed by atoms with van der Waals surface area (Å²) in [5, 5.41) is 8.02. The summed E-state index contributed by atoms with van der Waals surface area (Å²) in [6.45, 7) is 4.74. The van der Waals surface area contributed by atoms with Gasteiger partial charge in [0.05, 0.1) is 11.6 Å². The Morgan fingerprint density at radius 3 is 2.74 bits per heavy atom. The van der Waals surface area contributed by atoms with E-state index in [4.69, 9.17) is 9.47 Å². The molecular formula is C14H22BrNO2S. The summed E-state index contributed by atoms with van der Waals surface area (Å²) in [6, 6.07) is 0.224. The lowest BCUT2D eigenvalue weighted by Crippen LogP contribution is -2.49. The minimum atomic E-state index is -0.156. The molecule has 5 heteroatoms. The minimum absolute atomic E-state index is 0.156. The number of ether oxygens (including phenoxy) is 2. The molecule has 2 heterocycles. The van der Waals surface area contributed by atoms with Gasteiger partial charge in [0.15, 0.2) is 0 Å². The van der Waals surface area contributed by atoms with Crippen LogP contribution < -0.4 is 5.32 Å². The van der Waals surface area contributed by atoms with Crippen molar-refractivity contribution in [3.05, 3.63) is 20.8 Å². The number of rotatable bonds is 6. The summed E-state index contributed by atoms with van der Waals surface area (Å²) in [6.07, 6.45) is 2.99. The summed E-state index contributed by atoms with van der Waals surface area (Å²) in [7, 11) is 1.83. The summed E-state index contributed by atoms with van der Waals surface area (Å²) in [5.74, 6) is 0. The van der Waals surface area contributed by atoms with E-state index in [-0.39, 0.29) is 11.6 Å². The third-order valence-electron chi connectivity index (χ3n) is 3.82. The Morgan fingerprint density at radius 2 is 2.21 bits per heavy atom. The van der Waals surface area contributed by atoms with E-state index in [9.17, 15) is 0 Å². The molecule has 1 atom stereocenters. The molecule has 1 N–H and O–H groups in total. The van der Waals surface area contributed by atoms with Gasteiger partial charge < -0.3 is 14.8 Å². The molecule has 0 saturated carbocycles. The molecule has 1 fully saturated rings. The number of hydrogen-bond donors (Lipinski definition) is 1. The summed E-state index contributed by atoms with van der Waals surface area (Å²) < 4.78 is 12.6. The highest BCUT2D eigenvalue weighted by atomic mass is 79.9. The van der Waals surface area contributed by atoms with Crippen LogP contribution in [-0.4, -0.2) is 32.5 Å². The van der Waals surface area contributed by atoms with Crippen molar-refractivity contribution in [1.82, 2.24) is 5.32 Å². The Kier molecular flexibility index (Phi) is 5.84. The maximum atomic E-state index is 5.96. The third-order valence-corrected chi connectivity index (χ3v) is 5.58. The Morgan fingerprint density at radius 1 is 1.47 bits per heavy atom. The van der Waals surface area contributed by atoms with Gasteiger partial charge in [-0.1, -0.05) is 6.92 Å². The van der Waals surface area contributed by atoms with Crippen molar-refractivity contribution in [2.45, 2.75) is 37.8 Å². The summed E-state index contributed by atoms with van der Waals surface area (Å²) in [4.78, 5) is 0. The number of hydrogen-bond acceptors (Lipinski definition) is 4. The van der Waals surface area contributed by atoms with Crippen molar-refractivity contribution in [2.24, 2.45) is 0 Å². The fraction of sp³-hybridized carbons (Fsp3) is 0.714. The Hall–Kier alpha value is 0.0600. The molecule has 1 saturated heterocycles. The molecule has 2 rings (SSSR count). The zero-order valence-corrected chi connectivity index (χ0v) is 14.0. The monoisotopic (exact) mass is 347 g/mol. The lowest BCUT2D eigenvalue weighted by atomic mass is 9.83. The molecule has 0 aliphatic carbocycles. The van der Waals surface area contributed by atoms with E-state index in [1.165, 1.54) is 10.0 Å². The smallest absolute Gasteiger partial charge is 0.0916 e. The molecule has 0 bridgehead atoms. The Labute approximate surface area is 127 Å². The van der Waals surface area contributed by atoms with Gasteiger partial charge in [-0.25, -0.2) is 0 Å². The van der Waals surface area contributed by atoms with E-state index in [2.05, 4.69) is 38.9 Å². The molecule has 1 unspecified atom stereocenters. The number of halogens is 1. The van der Waals surface area contributed by atoms with E-state index in [0.29, 0.717) is 0 Å². The quantitative estimate of drug-likeness (QED) is 0.849. The molecule has 1 aliphatic heterocycles. The first-order valence-corrected chi connectivity index (χ1v) is 8.55. The molecule has 1 aliphatic rings. The second kappa shape index (κ2) is 7.18. The zero-order chi connectivity index (χ0) is 13.7. The molecule has 0 amide bonds. The first-order chi connectivity index (χ1) is 9.23. The van der Waals surface area contributed by atoms with Crippen LogP contribution in [0.25, 0.3) is 0 Å². The van der Waals surface area contributed by atoms with Gasteiger partial charge in [0.2, 0.25) is 0 Å². The maximum Gasteiger partial charge on any atom is 0.0916 e. The average Bonchev–Trinajstić information content (AvgIpc) is 2.86. The van der Waals surface area contributed by atoms with Gasteiger partial charge in [0.25, 0.3) is 0 Å². The topological polar surface area (TPSA) is 30.5 Å². The first-order valence-electron chi connectivity index (χ1n) is 6.81. The van der Waals surface area contributed by atoms with E-state index < -0.39 is 0 Å². The molecular weight excluding hydrogens is 326 g/mol. The van der Waals surface area contributed by atoms with Crippen molar-refractivity contribution in [3.8, 4) is 0 Å². The van der Waals surface area contributed by atoms with Crippen LogP contribution in [0.5, 0.6) is 0 Å². The van der Waals surface area contributed by atoms with Crippen LogP contribution in [0, 0.1) is 0 Å². The summed E-state index contributed by atoms with van der Waals surface area (Å²) in [5.41, 5.74) is 1.15. The highest BCUT2D eigenvalue weighted by Crippen LogP contribution is 2.41. The van der Waals surface area contributed by atoms with Crippen molar-refractivity contribution in [3.63, 3.8) is 0 Å².